The summed E-state index contributed by atoms with van der Waals surface area (Å²) >= 11 is 0. The number of benzene rings is 1. The molecule has 0 bridgehead atoms. The lowest BCUT2D eigenvalue weighted by Crippen LogP contribution is -2.49. The van der Waals surface area contributed by atoms with Gasteiger partial charge >= 0.3 is 5.97 Å². The largest absolute Gasteiger partial charge is 0.482 e. The Bertz CT molecular complexity index is 514. The van der Waals surface area contributed by atoms with Crippen molar-refractivity contribution in [2.75, 3.05) is 11.5 Å². The van der Waals surface area contributed by atoms with Gasteiger partial charge in [-0.05, 0) is 24.1 Å². The highest BCUT2D eigenvalue weighted by molar-refractivity contribution is 6.02. The van der Waals surface area contributed by atoms with Crippen LogP contribution in [0.5, 0.6) is 5.75 Å². The number of ether oxygens (including phenoxy) is 1. The molecule has 1 amide bonds. The molecule has 0 saturated carbocycles. The van der Waals surface area contributed by atoms with E-state index >= 15 is 0 Å². The summed E-state index contributed by atoms with van der Waals surface area (Å²) < 4.78 is 5.27. The van der Waals surface area contributed by atoms with Gasteiger partial charge in [-0.2, -0.15) is 0 Å². The lowest BCUT2D eigenvalue weighted by Gasteiger charge is -2.33. The van der Waals surface area contributed by atoms with Gasteiger partial charge in [0.15, 0.2) is 6.61 Å². The summed E-state index contributed by atoms with van der Waals surface area (Å²) in [6, 6.07) is 3.96. The molecule has 2 N–H and O–H groups in total. The Morgan fingerprint density at radius 2 is 2.26 bits per heavy atom. The SMILES string of the molecule is CCC(C(=O)O)N1C(=O)COc2ccc(CO)cc21. The maximum atomic E-state index is 11.9. The van der Waals surface area contributed by atoms with E-state index in [1.807, 2.05) is 0 Å². The number of carbonyl (C=O) groups is 2. The first-order valence-corrected chi connectivity index (χ1v) is 6.00. The molecule has 1 aromatic rings. The molecule has 6 nitrogen and oxygen atoms in total. The number of anilines is 1. The summed E-state index contributed by atoms with van der Waals surface area (Å²) in [5.41, 5.74) is 0.999. The predicted octanol–water partition coefficient (Wildman–Crippen LogP) is 0.767. The van der Waals surface area contributed by atoms with Crippen molar-refractivity contribution in [3.05, 3.63) is 23.8 Å². The minimum atomic E-state index is -1.06. The number of fused-ring (bicyclic) bond motifs is 1. The molecule has 1 aromatic carbocycles. The minimum absolute atomic E-state index is 0.171. The number of hydrogen-bond acceptors (Lipinski definition) is 4. The summed E-state index contributed by atoms with van der Waals surface area (Å²) in [6.45, 7) is 1.35. The standard InChI is InChI=1S/C13H15NO5/c1-2-9(13(17)18)14-10-5-8(6-15)3-4-11(10)19-7-12(14)16/h3-5,9,15H,2,6-7H2,1H3,(H,17,18). The Morgan fingerprint density at radius 3 is 2.84 bits per heavy atom. The molecular weight excluding hydrogens is 250 g/mol. The van der Waals surface area contributed by atoms with Crippen LogP contribution in [0.25, 0.3) is 0 Å². The highest BCUT2D eigenvalue weighted by Gasteiger charge is 2.34. The van der Waals surface area contributed by atoms with Crippen LogP contribution in [0, 0.1) is 0 Å². The second-order valence-electron chi connectivity index (χ2n) is 4.27. The number of aliphatic hydroxyl groups is 1. The van der Waals surface area contributed by atoms with Crippen molar-refractivity contribution in [1.82, 2.24) is 0 Å². The van der Waals surface area contributed by atoms with Crippen LogP contribution in [0.2, 0.25) is 0 Å². The highest BCUT2D eigenvalue weighted by Crippen LogP contribution is 2.34. The molecule has 1 unspecified atom stereocenters. The Hall–Kier alpha value is -2.08. The van der Waals surface area contributed by atoms with E-state index in [0.29, 0.717) is 23.4 Å². The number of aliphatic carboxylic acids is 1. The number of carbonyl (C=O) groups excluding carboxylic acids is 1. The second-order valence-corrected chi connectivity index (χ2v) is 4.27. The molecule has 0 saturated heterocycles. The molecular formula is C13H15NO5. The molecule has 0 aliphatic carbocycles. The number of amides is 1. The molecule has 1 aliphatic heterocycles. The average Bonchev–Trinajstić information content (AvgIpc) is 2.41. The third-order valence-corrected chi connectivity index (χ3v) is 3.07. The van der Waals surface area contributed by atoms with Crippen molar-refractivity contribution < 1.29 is 24.5 Å². The summed E-state index contributed by atoms with van der Waals surface area (Å²) in [5, 5.41) is 18.3. The van der Waals surface area contributed by atoms with Crippen LogP contribution >= 0.6 is 0 Å². The van der Waals surface area contributed by atoms with Crippen LogP contribution in [0.15, 0.2) is 18.2 Å². The van der Waals surface area contributed by atoms with Gasteiger partial charge in [-0.15, -0.1) is 0 Å². The first-order valence-electron chi connectivity index (χ1n) is 6.00. The number of aliphatic hydroxyl groups excluding tert-OH is 1. The fraction of sp³-hybridized carbons (Fsp3) is 0.385. The van der Waals surface area contributed by atoms with Crippen molar-refractivity contribution in [2.45, 2.75) is 26.0 Å². The van der Waals surface area contributed by atoms with Crippen LogP contribution < -0.4 is 9.64 Å². The van der Waals surface area contributed by atoms with Gasteiger partial charge in [0.1, 0.15) is 11.8 Å². The summed E-state index contributed by atoms with van der Waals surface area (Å²) in [5.74, 6) is -0.994. The summed E-state index contributed by atoms with van der Waals surface area (Å²) in [7, 11) is 0. The van der Waals surface area contributed by atoms with E-state index in [4.69, 9.17) is 9.84 Å². The number of nitrogens with zero attached hydrogens (tertiary/aromatic N) is 1. The van der Waals surface area contributed by atoms with Gasteiger partial charge in [0.25, 0.3) is 5.91 Å². The first kappa shape index (κ1) is 13.4. The van der Waals surface area contributed by atoms with Crippen molar-refractivity contribution in [3.8, 4) is 5.75 Å². The second kappa shape index (κ2) is 5.27. The maximum absolute atomic E-state index is 11.9. The molecule has 1 aliphatic rings. The Balaban J connectivity index is 2.49. The summed E-state index contributed by atoms with van der Waals surface area (Å²) in [4.78, 5) is 24.4. The molecule has 0 spiro atoms. The van der Waals surface area contributed by atoms with Crippen LogP contribution in [-0.4, -0.2) is 34.7 Å². The number of rotatable bonds is 4. The van der Waals surface area contributed by atoms with Crippen molar-refractivity contribution in [2.24, 2.45) is 0 Å². The molecule has 1 atom stereocenters. The van der Waals surface area contributed by atoms with Crippen molar-refractivity contribution in [3.63, 3.8) is 0 Å². The number of carboxylic acid groups (broad SMARTS) is 1. The highest BCUT2D eigenvalue weighted by atomic mass is 16.5. The minimum Gasteiger partial charge on any atom is -0.482 e. The van der Waals surface area contributed by atoms with Gasteiger partial charge in [-0.1, -0.05) is 13.0 Å². The van der Waals surface area contributed by atoms with Crippen LogP contribution in [0.3, 0.4) is 0 Å². The van der Waals surface area contributed by atoms with Crippen molar-refractivity contribution >= 4 is 17.6 Å². The van der Waals surface area contributed by atoms with Gasteiger partial charge in [-0.3, -0.25) is 9.69 Å². The van der Waals surface area contributed by atoms with E-state index < -0.39 is 17.9 Å². The molecule has 0 radical (unpaired) electrons. The zero-order valence-electron chi connectivity index (χ0n) is 10.5. The quantitative estimate of drug-likeness (QED) is 0.839. The number of hydrogen-bond donors (Lipinski definition) is 2. The van der Waals surface area contributed by atoms with Gasteiger partial charge < -0.3 is 14.9 Å². The van der Waals surface area contributed by atoms with E-state index in [9.17, 15) is 14.7 Å². The van der Waals surface area contributed by atoms with Crippen molar-refractivity contribution in [1.29, 1.82) is 0 Å². The monoisotopic (exact) mass is 265 g/mol. The van der Waals surface area contributed by atoms with Gasteiger partial charge in [0.05, 0.1) is 12.3 Å². The molecule has 102 valence electrons. The fourth-order valence-corrected chi connectivity index (χ4v) is 2.12. The fourth-order valence-electron chi connectivity index (χ4n) is 2.12. The van der Waals surface area contributed by atoms with Gasteiger partial charge in [0.2, 0.25) is 0 Å². The number of carboxylic acids is 1. The van der Waals surface area contributed by atoms with E-state index in [1.165, 1.54) is 4.90 Å². The van der Waals surface area contributed by atoms with Crippen LogP contribution in [0.4, 0.5) is 5.69 Å². The smallest absolute Gasteiger partial charge is 0.326 e. The molecule has 1 heterocycles. The normalized spacial score (nSPS) is 15.7. The van der Waals surface area contributed by atoms with E-state index in [1.54, 1.807) is 25.1 Å². The van der Waals surface area contributed by atoms with E-state index in [0.717, 1.165) is 0 Å². The third-order valence-electron chi connectivity index (χ3n) is 3.07. The predicted molar refractivity (Wildman–Crippen MR) is 67.1 cm³/mol. The lowest BCUT2D eigenvalue weighted by molar-refractivity contribution is -0.140. The first-order chi connectivity index (χ1) is 9.08. The zero-order chi connectivity index (χ0) is 14.0. The molecule has 0 aromatic heterocycles. The molecule has 19 heavy (non-hydrogen) atoms. The Morgan fingerprint density at radius 1 is 1.53 bits per heavy atom. The maximum Gasteiger partial charge on any atom is 0.326 e. The van der Waals surface area contributed by atoms with E-state index in [2.05, 4.69) is 0 Å². The molecule has 6 heteroatoms. The lowest BCUT2D eigenvalue weighted by atomic mass is 10.1. The van der Waals surface area contributed by atoms with Gasteiger partial charge in [-0.25, -0.2) is 4.79 Å². The topological polar surface area (TPSA) is 87.1 Å². The molecule has 2 rings (SSSR count). The Labute approximate surface area is 110 Å². The van der Waals surface area contributed by atoms with Crippen LogP contribution in [0.1, 0.15) is 18.9 Å². The average molecular weight is 265 g/mol. The molecule has 0 fully saturated rings. The third kappa shape index (κ3) is 2.39. The zero-order valence-corrected chi connectivity index (χ0v) is 10.5. The van der Waals surface area contributed by atoms with Crippen LogP contribution in [-0.2, 0) is 16.2 Å². The van der Waals surface area contributed by atoms with E-state index in [-0.39, 0.29) is 13.2 Å². The Kier molecular flexibility index (Phi) is 3.71. The van der Waals surface area contributed by atoms with Gasteiger partial charge in [0, 0.05) is 0 Å². The summed E-state index contributed by atoms with van der Waals surface area (Å²) in [6.07, 6.45) is 0.296.